The molecule has 0 radical (unpaired) electrons. The van der Waals surface area contributed by atoms with Crippen molar-refractivity contribution >= 4 is 27.7 Å². The fourth-order valence-corrected chi connectivity index (χ4v) is 3.77. The first kappa shape index (κ1) is 17.1. The molecule has 1 aliphatic heterocycles. The van der Waals surface area contributed by atoms with Crippen LogP contribution in [0, 0.1) is 0 Å². The summed E-state index contributed by atoms with van der Waals surface area (Å²) in [6, 6.07) is 6.01. The normalized spacial score (nSPS) is 16.8. The predicted octanol–water partition coefficient (Wildman–Crippen LogP) is 1.76. The van der Waals surface area contributed by atoms with Gasteiger partial charge in [-0.2, -0.15) is 4.31 Å². The molecule has 1 heterocycles. The van der Waals surface area contributed by atoms with Crippen LogP contribution in [0.3, 0.4) is 0 Å². The predicted molar refractivity (Wildman–Crippen MR) is 85.5 cm³/mol. The van der Waals surface area contributed by atoms with E-state index in [-0.39, 0.29) is 30.1 Å². The number of sulfonamides is 1. The maximum Gasteiger partial charge on any atom is 0.317 e. The Hall–Kier alpha value is -1.31. The van der Waals surface area contributed by atoms with Crippen molar-refractivity contribution in [2.24, 2.45) is 0 Å². The van der Waals surface area contributed by atoms with Crippen molar-refractivity contribution < 1.29 is 13.2 Å². The molecule has 8 heteroatoms. The summed E-state index contributed by atoms with van der Waals surface area (Å²) in [6.45, 7) is 5.11. The number of nitrogens with zero attached hydrogens (tertiary/aromatic N) is 2. The molecule has 0 saturated carbocycles. The minimum absolute atomic E-state index is 0.0586. The van der Waals surface area contributed by atoms with Gasteiger partial charge in [-0.05, 0) is 38.1 Å². The summed E-state index contributed by atoms with van der Waals surface area (Å²) >= 11 is 5.78. The topological polar surface area (TPSA) is 69.7 Å². The maximum atomic E-state index is 12.5. The van der Waals surface area contributed by atoms with Gasteiger partial charge in [0.25, 0.3) is 0 Å². The number of piperazine rings is 1. The van der Waals surface area contributed by atoms with Crippen LogP contribution < -0.4 is 5.32 Å². The van der Waals surface area contributed by atoms with E-state index in [0.717, 1.165) is 0 Å². The van der Waals surface area contributed by atoms with Crippen LogP contribution in [-0.4, -0.2) is 55.9 Å². The summed E-state index contributed by atoms with van der Waals surface area (Å²) in [6.07, 6.45) is 0. The summed E-state index contributed by atoms with van der Waals surface area (Å²) in [7, 11) is -3.53. The Morgan fingerprint density at radius 3 is 2.18 bits per heavy atom. The smallest absolute Gasteiger partial charge is 0.317 e. The van der Waals surface area contributed by atoms with Crippen LogP contribution in [0.4, 0.5) is 4.79 Å². The van der Waals surface area contributed by atoms with Crippen LogP contribution in [0.2, 0.25) is 5.02 Å². The van der Waals surface area contributed by atoms with E-state index in [2.05, 4.69) is 5.32 Å². The van der Waals surface area contributed by atoms with Gasteiger partial charge in [-0.3, -0.25) is 0 Å². The lowest BCUT2D eigenvalue weighted by atomic mass is 10.3. The van der Waals surface area contributed by atoms with Gasteiger partial charge < -0.3 is 10.2 Å². The van der Waals surface area contributed by atoms with E-state index >= 15 is 0 Å². The molecule has 0 atom stereocenters. The molecule has 0 bridgehead atoms. The number of nitrogens with one attached hydrogen (secondary N) is 1. The third-order valence-electron chi connectivity index (χ3n) is 3.39. The molecule has 2 amide bonds. The zero-order valence-electron chi connectivity index (χ0n) is 12.6. The molecule has 122 valence electrons. The number of amides is 2. The molecule has 6 nitrogen and oxygen atoms in total. The third kappa shape index (κ3) is 3.91. The van der Waals surface area contributed by atoms with Crippen LogP contribution in [0.25, 0.3) is 0 Å². The second kappa shape index (κ2) is 6.85. The second-order valence-electron chi connectivity index (χ2n) is 5.45. The molecular weight excluding hydrogens is 326 g/mol. The Labute approximate surface area is 136 Å². The highest BCUT2D eigenvalue weighted by Gasteiger charge is 2.30. The number of carbonyl (C=O) groups is 1. The van der Waals surface area contributed by atoms with Crippen molar-refractivity contribution in [3.8, 4) is 0 Å². The lowest BCUT2D eigenvalue weighted by Crippen LogP contribution is -2.53. The van der Waals surface area contributed by atoms with Crippen LogP contribution >= 0.6 is 11.6 Å². The number of benzene rings is 1. The number of hydrogen-bond acceptors (Lipinski definition) is 3. The first-order chi connectivity index (χ1) is 10.3. The molecular formula is C14H20ClN3O3S. The fraction of sp³-hybridized carbons (Fsp3) is 0.500. The summed E-state index contributed by atoms with van der Waals surface area (Å²) in [5, 5.41) is 3.30. The molecule has 1 aromatic rings. The number of rotatable bonds is 3. The van der Waals surface area contributed by atoms with Crippen LogP contribution in [0.15, 0.2) is 29.2 Å². The third-order valence-corrected chi connectivity index (χ3v) is 5.55. The molecule has 1 N–H and O–H groups in total. The molecule has 0 aliphatic carbocycles. The molecule has 0 unspecified atom stereocenters. The Morgan fingerprint density at radius 2 is 1.68 bits per heavy atom. The highest BCUT2D eigenvalue weighted by atomic mass is 35.5. The monoisotopic (exact) mass is 345 g/mol. The van der Waals surface area contributed by atoms with Crippen molar-refractivity contribution in [2.45, 2.75) is 24.8 Å². The van der Waals surface area contributed by atoms with Crippen molar-refractivity contribution in [3.63, 3.8) is 0 Å². The van der Waals surface area contributed by atoms with E-state index in [9.17, 15) is 13.2 Å². The number of carbonyl (C=O) groups excluding carboxylic acids is 1. The van der Waals surface area contributed by atoms with Gasteiger partial charge in [-0.15, -0.1) is 0 Å². The van der Waals surface area contributed by atoms with Crippen LogP contribution in [0.1, 0.15) is 13.8 Å². The summed E-state index contributed by atoms with van der Waals surface area (Å²) in [4.78, 5) is 13.8. The molecule has 0 aromatic heterocycles. The number of hydrogen-bond donors (Lipinski definition) is 1. The van der Waals surface area contributed by atoms with Crippen LogP contribution in [0.5, 0.6) is 0 Å². The Kier molecular flexibility index (Phi) is 5.31. The molecule has 0 spiro atoms. The average molecular weight is 346 g/mol. The van der Waals surface area contributed by atoms with Gasteiger partial charge in [0, 0.05) is 37.2 Å². The summed E-state index contributed by atoms with van der Waals surface area (Å²) < 4.78 is 26.4. The highest BCUT2D eigenvalue weighted by Crippen LogP contribution is 2.19. The average Bonchev–Trinajstić information content (AvgIpc) is 2.47. The molecule has 1 fully saturated rings. The van der Waals surface area contributed by atoms with Crippen molar-refractivity contribution in [1.82, 2.24) is 14.5 Å². The first-order valence-corrected chi connectivity index (χ1v) is 8.93. The Balaban J connectivity index is 2.01. The van der Waals surface area contributed by atoms with Gasteiger partial charge in [0.1, 0.15) is 0 Å². The van der Waals surface area contributed by atoms with E-state index in [4.69, 9.17) is 11.6 Å². The SMILES string of the molecule is CC(C)NC(=O)N1CCN(S(=O)(=O)c2ccc(Cl)cc2)CC1. The van der Waals surface area contributed by atoms with E-state index < -0.39 is 10.0 Å². The van der Waals surface area contributed by atoms with Crippen molar-refractivity contribution in [3.05, 3.63) is 29.3 Å². The van der Waals surface area contributed by atoms with Gasteiger partial charge >= 0.3 is 6.03 Å². The van der Waals surface area contributed by atoms with E-state index in [1.165, 1.54) is 16.4 Å². The van der Waals surface area contributed by atoms with Gasteiger partial charge in [-0.1, -0.05) is 11.6 Å². The zero-order chi connectivity index (χ0) is 16.3. The Morgan fingerprint density at radius 1 is 1.14 bits per heavy atom. The van der Waals surface area contributed by atoms with Gasteiger partial charge in [0.15, 0.2) is 0 Å². The zero-order valence-corrected chi connectivity index (χ0v) is 14.2. The highest BCUT2D eigenvalue weighted by molar-refractivity contribution is 7.89. The largest absolute Gasteiger partial charge is 0.336 e. The molecule has 2 rings (SSSR count). The molecule has 1 aromatic carbocycles. The minimum atomic E-state index is -3.53. The van der Waals surface area contributed by atoms with Gasteiger partial charge in [0.05, 0.1) is 4.90 Å². The molecule has 22 heavy (non-hydrogen) atoms. The lowest BCUT2D eigenvalue weighted by molar-refractivity contribution is 0.170. The Bertz CT molecular complexity index is 623. The summed E-state index contributed by atoms with van der Waals surface area (Å²) in [5.41, 5.74) is 0. The fourth-order valence-electron chi connectivity index (χ4n) is 2.23. The number of halogens is 1. The van der Waals surface area contributed by atoms with E-state index in [0.29, 0.717) is 18.1 Å². The number of urea groups is 1. The lowest BCUT2D eigenvalue weighted by Gasteiger charge is -2.34. The quantitative estimate of drug-likeness (QED) is 0.907. The van der Waals surface area contributed by atoms with Crippen molar-refractivity contribution in [2.75, 3.05) is 26.2 Å². The first-order valence-electron chi connectivity index (χ1n) is 7.12. The molecule has 1 aliphatic rings. The standard InChI is InChI=1S/C14H20ClN3O3S/c1-11(2)16-14(19)17-7-9-18(10-8-17)22(20,21)13-5-3-12(15)4-6-13/h3-6,11H,7-10H2,1-2H3,(H,16,19). The van der Waals surface area contributed by atoms with Gasteiger partial charge in [0.2, 0.25) is 10.0 Å². The second-order valence-corrected chi connectivity index (χ2v) is 7.82. The van der Waals surface area contributed by atoms with E-state index in [1.807, 2.05) is 13.8 Å². The van der Waals surface area contributed by atoms with Crippen molar-refractivity contribution in [1.29, 1.82) is 0 Å². The maximum absolute atomic E-state index is 12.5. The van der Waals surface area contributed by atoms with Crippen LogP contribution in [-0.2, 0) is 10.0 Å². The van der Waals surface area contributed by atoms with Gasteiger partial charge in [-0.25, -0.2) is 13.2 Å². The summed E-state index contributed by atoms with van der Waals surface area (Å²) in [5.74, 6) is 0. The molecule has 1 saturated heterocycles. The minimum Gasteiger partial charge on any atom is -0.336 e. The van der Waals surface area contributed by atoms with E-state index in [1.54, 1.807) is 17.0 Å².